The monoisotopic (exact) mass is 403 g/mol. The summed E-state index contributed by atoms with van der Waals surface area (Å²) in [6, 6.07) is 14.4. The molecule has 7 nitrogen and oxygen atoms in total. The van der Waals surface area contributed by atoms with Gasteiger partial charge in [0, 0.05) is 36.4 Å². The van der Waals surface area contributed by atoms with Gasteiger partial charge in [0.1, 0.15) is 5.75 Å². The van der Waals surface area contributed by atoms with Gasteiger partial charge in [-0.1, -0.05) is 12.1 Å². The minimum atomic E-state index is -2.72. The molecule has 150 valence electrons. The van der Waals surface area contributed by atoms with E-state index in [1.54, 1.807) is 31.4 Å². The SMILES string of the molecule is COc1ccccc1N1C[C@@H](C)N(C(=O)c2ccc(N[SH](=O)=O)cc2)[C@@H](C)C1. The number of thiol groups is 1. The molecule has 0 radical (unpaired) electrons. The number of carbonyl (C=O) groups excluding carboxylic acids is 1. The highest BCUT2D eigenvalue weighted by molar-refractivity contribution is 7.73. The fourth-order valence-electron chi connectivity index (χ4n) is 3.75. The number of carbonyl (C=O) groups is 1. The molecule has 2 atom stereocenters. The Morgan fingerprint density at radius 2 is 1.64 bits per heavy atom. The van der Waals surface area contributed by atoms with Gasteiger partial charge in [-0.2, -0.15) is 0 Å². The molecular weight excluding hydrogens is 378 g/mol. The second-order valence-electron chi connectivity index (χ2n) is 6.93. The number of para-hydroxylation sites is 2. The number of nitrogens with zero attached hydrogens (tertiary/aromatic N) is 2. The van der Waals surface area contributed by atoms with Gasteiger partial charge in [-0.15, -0.1) is 0 Å². The lowest BCUT2D eigenvalue weighted by Gasteiger charge is -2.45. The van der Waals surface area contributed by atoms with Gasteiger partial charge in [-0.3, -0.25) is 9.52 Å². The summed E-state index contributed by atoms with van der Waals surface area (Å²) in [5.41, 5.74) is 2.00. The maximum absolute atomic E-state index is 13.1. The second kappa shape index (κ2) is 8.52. The highest BCUT2D eigenvalue weighted by atomic mass is 32.2. The van der Waals surface area contributed by atoms with Crippen LogP contribution in [0.1, 0.15) is 24.2 Å². The Balaban J connectivity index is 1.76. The minimum Gasteiger partial charge on any atom is -0.495 e. The van der Waals surface area contributed by atoms with Crippen LogP contribution in [0.25, 0.3) is 0 Å². The van der Waals surface area contributed by atoms with E-state index in [2.05, 4.69) is 9.62 Å². The van der Waals surface area contributed by atoms with Gasteiger partial charge in [0.2, 0.25) is 10.9 Å². The van der Waals surface area contributed by atoms with E-state index in [0.29, 0.717) is 24.3 Å². The summed E-state index contributed by atoms with van der Waals surface area (Å²) in [6.07, 6.45) is 0. The van der Waals surface area contributed by atoms with Gasteiger partial charge in [-0.25, -0.2) is 8.42 Å². The Bertz CT molecular complexity index is 894. The maximum atomic E-state index is 13.1. The number of rotatable bonds is 5. The Labute approximate surface area is 167 Å². The number of benzene rings is 2. The average molecular weight is 404 g/mol. The van der Waals surface area contributed by atoms with E-state index >= 15 is 0 Å². The van der Waals surface area contributed by atoms with Crippen molar-refractivity contribution in [3.05, 3.63) is 54.1 Å². The molecule has 1 heterocycles. The van der Waals surface area contributed by atoms with Crippen LogP contribution in [-0.2, 0) is 10.9 Å². The molecule has 1 amide bonds. The van der Waals surface area contributed by atoms with Gasteiger partial charge in [0.15, 0.2) is 0 Å². The third-order valence-corrected chi connectivity index (χ3v) is 5.37. The van der Waals surface area contributed by atoms with Crippen LogP contribution in [0.4, 0.5) is 11.4 Å². The molecule has 8 heteroatoms. The van der Waals surface area contributed by atoms with Crippen LogP contribution in [0.5, 0.6) is 5.75 Å². The summed E-state index contributed by atoms with van der Waals surface area (Å²) in [7, 11) is -1.06. The van der Waals surface area contributed by atoms with Crippen LogP contribution in [0, 0.1) is 0 Å². The van der Waals surface area contributed by atoms with Crippen LogP contribution in [0.2, 0.25) is 0 Å². The molecule has 1 fully saturated rings. The molecule has 3 rings (SSSR count). The summed E-state index contributed by atoms with van der Waals surface area (Å²) in [4.78, 5) is 17.2. The molecule has 1 N–H and O–H groups in total. The Hall–Kier alpha value is -2.74. The second-order valence-corrected chi connectivity index (χ2v) is 7.67. The summed E-state index contributed by atoms with van der Waals surface area (Å²) in [6.45, 7) is 5.47. The van der Waals surface area contributed by atoms with Gasteiger partial charge in [0.05, 0.1) is 12.8 Å². The number of amides is 1. The van der Waals surface area contributed by atoms with E-state index in [-0.39, 0.29) is 18.0 Å². The number of piperazine rings is 1. The number of anilines is 2. The molecule has 1 aliphatic heterocycles. The van der Waals surface area contributed by atoms with Crippen LogP contribution in [0.3, 0.4) is 0 Å². The van der Waals surface area contributed by atoms with Crippen molar-refractivity contribution in [1.29, 1.82) is 0 Å². The lowest BCUT2D eigenvalue weighted by molar-refractivity contribution is 0.0574. The minimum absolute atomic E-state index is 0.00934. The quantitative estimate of drug-likeness (QED) is 0.750. The van der Waals surface area contributed by atoms with Crippen molar-refractivity contribution >= 4 is 28.2 Å². The van der Waals surface area contributed by atoms with Gasteiger partial charge in [-0.05, 0) is 50.2 Å². The highest BCUT2D eigenvalue weighted by Crippen LogP contribution is 2.31. The van der Waals surface area contributed by atoms with Crippen molar-refractivity contribution in [1.82, 2.24) is 4.90 Å². The lowest BCUT2D eigenvalue weighted by atomic mass is 10.0. The van der Waals surface area contributed by atoms with Crippen LogP contribution >= 0.6 is 0 Å². The third-order valence-electron chi connectivity index (χ3n) is 4.93. The zero-order chi connectivity index (χ0) is 20.3. The smallest absolute Gasteiger partial charge is 0.254 e. The first-order valence-corrected chi connectivity index (χ1v) is 10.3. The van der Waals surface area contributed by atoms with E-state index in [0.717, 1.165) is 11.4 Å². The summed E-state index contributed by atoms with van der Waals surface area (Å²) in [5, 5.41) is 0. The molecular formula is C20H25N3O4S. The molecule has 0 spiro atoms. The normalized spacial score (nSPS) is 19.6. The predicted molar refractivity (Wildman–Crippen MR) is 111 cm³/mol. The number of hydrogen-bond acceptors (Lipinski definition) is 5. The summed E-state index contributed by atoms with van der Waals surface area (Å²) >= 11 is 0. The Morgan fingerprint density at radius 1 is 1.04 bits per heavy atom. The summed E-state index contributed by atoms with van der Waals surface area (Å²) < 4.78 is 29.3. The summed E-state index contributed by atoms with van der Waals surface area (Å²) in [5.74, 6) is 0.763. The van der Waals surface area contributed by atoms with Crippen LogP contribution in [0.15, 0.2) is 48.5 Å². The number of ether oxygens (including phenoxy) is 1. The molecule has 28 heavy (non-hydrogen) atoms. The van der Waals surface area contributed by atoms with E-state index in [1.165, 1.54) is 0 Å². The molecule has 0 bridgehead atoms. The molecule has 1 aliphatic rings. The topological polar surface area (TPSA) is 79.0 Å². The lowest BCUT2D eigenvalue weighted by Crippen LogP contribution is -2.58. The molecule has 2 aromatic carbocycles. The molecule has 0 aliphatic carbocycles. The van der Waals surface area contributed by atoms with Gasteiger partial charge < -0.3 is 14.5 Å². The molecule has 2 aromatic rings. The molecule has 0 aromatic heterocycles. The maximum Gasteiger partial charge on any atom is 0.254 e. The molecule has 1 saturated heterocycles. The third kappa shape index (κ3) is 4.22. The zero-order valence-corrected chi connectivity index (χ0v) is 17.1. The predicted octanol–water partition coefficient (Wildman–Crippen LogP) is 2.37. The van der Waals surface area contributed by atoms with Crippen molar-refractivity contribution in [3.8, 4) is 5.75 Å². The van der Waals surface area contributed by atoms with Crippen LogP contribution < -0.4 is 14.4 Å². The van der Waals surface area contributed by atoms with Gasteiger partial charge >= 0.3 is 0 Å². The zero-order valence-electron chi connectivity index (χ0n) is 16.2. The fraction of sp³-hybridized carbons (Fsp3) is 0.350. The average Bonchev–Trinajstić information content (AvgIpc) is 2.67. The van der Waals surface area contributed by atoms with Crippen molar-refractivity contribution < 1.29 is 17.9 Å². The van der Waals surface area contributed by atoms with Crippen molar-refractivity contribution in [2.75, 3.05) is 29.8 Å². The first-order chi connectivity index (χ1) is 13.4. The fourth-order valence-corrected chi connectivity index (χ4v) is 4.11. The first kappa shape index (κ1) is 20.0. The largest absolute Gasteiger partial charge is 0.495 e. The first-order valence-electron chi connectivity index (χ1n) is 9.12. The number of methoxy groups -OCH3 is 1. The van der Waals surface area contributed by atoms with E-state index < -0.39 is 10.9 Å². The molecule has 0 saturated carbocycles. The van der Waals surface area contributed by atoms with E-state index in [9.17, 15) is 13.2 Å². The van der Waals surface area contributed by atoms with E-state index in [4.69, 9.17) is 4.74 Å². The Morgan fingerprint density at radius 3 is 2.21 bits per heavy atom. The standard InChI is InChI=1S/C20H25N3O4S/c1-14-12-22(18-6-4-5-7-19(18)27-3)13-15(2)23(14)20(24)16-8-10-17(11-9-16)21-28(25)26/h4-11,14-15,28H,12-13H2,1-3H3,(H,21,25,26)/t14-,15+. The van der Waals surface area contributed by atoms with Crippen molar-refractivity contribution in [3.63, 3.8) is 0 Å². The van der Waals surface area contributed by atoms with Crippen molar-refractivity contribution in [2.45, 2.75) is 25.9 Å². The van der Waals surface area contributed by atoms with E-state index in [1.807, 2.05) is 43.0 Å². The van der Waals surface area contributed by atoms with Crippen LogP contribution in [-0.4, -0.2) is 51.5 Å². The molecule has 0 unspecified atom stereocenters. The highest BCUT2D eigenvalue weighted by Gasteiger charge is 2.34. The Kier molecular flexibility index (Phi) is 6.08. The van der Waals surface area contributed by atoms with Gasteiger partial charge in [0.25, 0.3) is 5.91 Å². The number of hydrogen-bond donors (Lipinski definition) is 2. The number of nitrogens with one attached hydrogen (secondary N) is 1. The van der Waals surface area contributed by atoms with Crippen molar-refractivity contribution in [2.24, 2.45) is 0 Å².